The van der Waals surface area contributed by atoms with Crippen molar-refractivity contribution in [3.8, 4) is 0 Å². The SMILES string of the molecule is CCNC(=O)C(C)NC(=O)N[C@@H](C)C(=O)O. The van der Waals surface area contributed by atoms with Gasteiger partial charge in [0.05, 0.1) is 0 Å². The second kappa shape index (κ2) is 6.65. The van der Waals surface area contributed by atoms with Gasteiger partial charge in [0.25, 0.3) is 0 Å². The molecular formula is C9H17N3O4. The van der Waals surface area contributed by atoms with Gasteiger partial charge in [0.15, 0.2) is 0 Å². The van der Waals surface area contributed by atoms with E-state index in [4.69, 9.17) is 5.11 Å². The number of carboxylic acids is 1. The Hall–Kier alpha value is -1.79. The van der Waals surface area contributed by atoms with Crippen LogP contribution < -0.4 is 16.0 Å². The van der Waals surface area contributed by atoms with Crippen LogP contribution in [0.5, 0.6) is 0 Å². The highest BCUT2D eigenvalue weighted by Crippen LogP contribution is 1.85. The van der Waals surface area contributed by atoms with Gasteiger partial charge in [-0.05, 0) is 20.8 Å². The summed E-state index contributed by atoms with van der Waals surface area (Å²) in [5.74, 6) is -1.46. The molecule has 0 radical (unpaired) electrons. The molecule has 0 aliphatic heterocycles. The zero-order valence-corrected chi connectivity index (χ0v) is 9.53. The third-order valence-electron chi connectivity index (χ3n) is 1.81. The Morgan fingerprint density at radius 1 is 1.12 bits per heavy atom. The van der Waals surface area contributed by atoms with Crippen molar-refractivity contribution in [2.75, 3.05) is 6.54 Å². The number of nitrogens with one attached hydrogen (secondary N) is 3. The van der Waals surface area contributed by atoms with Crippen LogP contribution in [0.25, 0.3) is 0 Å². The summed E-state index contributed by atoms with van der Waals surface area (Å²) in [7, 11) is 0. The molecule has 16 heavy (non-hydrogen) atoms. The van der Waals surface area contributed by atoms with Gasteiger partial charge in [0.2, 0.25) is 5.91 Å². The minimum Gasteiger partial charge on any atom is -0.480 e. The van der Waals surface area contributed by atoms with Gasteiger partial charge < -0.3 is 21.1 Å². The minimum absolute atomic E-state index is 0.319. The van der Waals surface area contributed by atoms with Gasteiger partial charge >= 0.3 is 12.0 Å². The highest BCUT2D eigenvalue weighted by molar-refractivity contribution is 5.88. The first-order valence-electron chi connectivity index (χ1n) is 4.96. The monoisotopic (exact) mass is 231 g/mol. The predicted molar refractivity (Wildman–Crippen MR) is 56.9 cm³/mol. The quantitative estimate of drug-likeness (QED) is 0.501. The molecule has 7 nitrogen and oxygen atoms in total. The fourth-order valence-corrected chi connectivity index (χ4v) is 0.890. The van der Waals surface area contributed by atoms with Crippen molar-refractivity contribution in [2.24, 2.45) is 0 Å². The highest BCUT2D eigenvalue weighted by Gasteiger charge is 2.18. The summed E-state index contributed by atoms with van der Waals surface area (Å²) in [5, 5.41) is 15.6. The molecule has 4 N–H and O–H groups in total. The van der Waals surface area contributed by atoms with Crippen molar-refractivity contribution < 1.29 is 19.5 Å². The summed E-state index contributed by atoms with van der Waals surface area (Å²) in [6, 6.07) is -2.39. The molecule has 0 heterocycles. The van der Waals surface area contributed by atoms with Crippen molar-refractivity contribution in [1.29, 1.82) is 0 Å². The first kappa shape index (κ1) is 14.2. The Kier molecular flexibility index (Phi) is 5.91. The van der Waals surface area contributed by atoms with Gasteiger partial charge in [-0.2, -0.15) is 0 Å². The average Bonchev–Trinajstić information content (AvgIpc) is 2.17. The molecule has 92 valence electrons. The third-order valence-corrected chi connectivity index (χ3v) is 1.81. The lowest BCUT2D eigenvalue weighted by Gasteiger charge is -2.15. The second-order valence-electron chi connectivity index (χ2n) is 3.29. The number of amides is 3. The van der Waals surface area contributed by atoms with E-state index in [0.717, 1.165) is 0 Å². The number of likely N-dealkylation sites (N-methyl/N-ethyl adjacent to an activating group) is 1. The van der Waals surface area contributed by atoms with Crippen LogP contribution in [0.15, 0.2) is 0 Å². The lowest BCUT2D eigenvalue weighted by molar-refractivity contribution is -0.138. The molecule has 2 atom stereocenters. The van der Waals surface area contributed by atoms with Crippen molar-refractivity contribution in [3.63, 3.8) is 0 Å². The summed E-state index contributed by atoms with van der Waals surface area (Å²) in [4.78, 5) is 32.9. The molecule has 0 aliphatic carbocycles. The highest BCUT2D eigenvalue weighted by atomic mass is 16.4. The Bertz CT molecular complexity index is 280. The molecule has 0 aromatic carbocycles. The number of urea groups is 1. The fraction of sp³-hybridized carbons (Fsp3) is 0.667. The van der Waals surface area contributed by atoms with E-state index in [0.29, 0.717) is 6.54 Å². The standard InChI is InChI=1S/C9H17N3O4/c1-4-10-7(13)5(2)11-9(16)12-6(3)8(14)15/h5-6H,4H2,1-3H3,(H,10,13)(H,14,15)(H2,11,12,16)/t5?,6-/m0/s1. The molecule has 0 aromatic rings. The maximum absolute atomic E-state index is 11.2. The molecule has 0 fully saturated rings. The first-order valence-corrected chi connectivity index (χ1v) is 4.96. The third kappa shape index (κ3) is 5.18. The number of carbonyl (C=O) groups excluding carboxylic acids is 2. The largest absolute Gasteiger partial charge is 0.480 e. The zero-order chi connectivity index (χ0) is 12.7. The van der Waals surface area contributed by atoms with E-state index in [9.17, 15) is 14.4 Å². The first-order chi connectivity index (χ1) is 7.38. The van der Waals surface area contributed by atoms with Gasteiger partial charge in [0.1, 0.15) is 12.1 Å². The summed E-state index contributed by atoms with van der Waals surface area (Å²) in [6.07, 6.45) is 0. The molecule has 0 spiro atoms. The van der Waals surface area contributed by atoms with Crippen LogP contribution in [0, 0.1) is 0 Å². The number of hydrogen-bond acceptors (Lipinski definition) is 3. The normalized spacial score (nSPS) is 13.4. The van der Waals surface area contributed by atoms with Crippen LogP contribution in [0.1, 0.15) is 20.8 Å². The van der Waals surface area contributed by atoms with Crippen molar-refractivity contribution >= 4 is 17.9 Å². The van der Waals surface area contributed by atoms with Crippen LogP contribution in [0.4, 0.5) is 4.79 Å². The second-order valence-corrected chi connectivity index (χ2v) is 3.29. The maximum atomic E-state index is 11.2. The number of rotatable bonds is 5. The van der Waals surface area contributed by atoms with E-state index in [2.05, 4.69) is 16.0 Å². The van der Waals surface area contributed by atoms with E-state index in [1.807, 2.05) is 0 Å². The van der Waals surface area contributed by atoms with E-state index in [1.54, 1.807) is 6.92 Å². The van der Waals surface area contributed by atoms with Gasteiger partial charge in [-0.3, -0.25) is 9.59 Å². The minimum atomic E-state index is -1.14. The van der Waals surface area contributed by atoms with Gasteiger partial charge in [-0.1, -0.05) is 0 Å². The molecular weight excluding hydrogens is 214 g/mol. The molecule has 0 rings (SSSR count). The summed E-state index contributed by atoms with van der Waals surface area (Å²) in [5.41, 5.74) is 0. The average molecular weight is 231 g/mol. The predicted octanol–water partition coefficient (Wildman–Crippen LogP) is -0.717. The van der Waals surface area contributed by atoms with Crippen LogP contribution in [-0.4, -0.2) is 41.6 Å². The Balaban J connectivity index is 4.05. The smallest absolute Gasteiger partial charge is 0.325 e. The summed E-state index contributed by atoms with van der Waals surface area (Å²) >= 11 is 0. The molecule has 0 aromatic heterocycles. The molecule has 3 amide bonds. The molecule has 1 unspecified atom stereocenters. The summed E-state index contributed by atoms with van der Waals surface area (Å²) < 4.78 is 0. The van der Waals surface area contributed by atoms with Gasteiger partial charge in [0, 0.05) is 6.54 Å². The summed E-state index contributed by atoms with van der Waals surface area (Å²) in [6.45, 7) is 5.07. The number of carboxylic acid groups (broad SMARTS) is 1. The zero-order valence-electron chi connectivity index (χ0n) is 9.53. The fourth-order valence-electron chi connectivity index (χ4n) is 0.890. The van der Waals surface area contributed by atoms with Gasteiger partial charge in [-0.15, -0.1) is 0 Å². The number of aliphatic carboxylic acids is 1. The van der Waals surface area contributed by atoms with Crippen LogP contribution in [-0.2, 0) is 9.59 Å². The number of hydrogen-bond donors (Lipinski definition) is 4. The molecule has 0 aliphatic rings. The lowest BCUT2D eigenvalue weighted by Crippen LogP contribution is -2.51. The van der Waals surface area contributed by atoms with Gasteiger partial charge in [-0.25, -0.2) is 4.79 Å². The molecule has 7 heteroatoms. The van der Waals surface area contributed by atoms with Crippen molar-refractivity contribution in [2.45, 2.75) is 32.9 Å². The van der Waals surface area contributed by atoms with Crippen molar-refractivity contribution in [3.05, 3.63) is 0 Å². The lowest BCUT2D eigenvalue weighted by atomic mass is 10.3. The molecule has 0 saturated carbocycles. The number of carbonyl (C=O) groups is 3. The van der Waals surface area contributed by atoms with Crippen LogP contribution >= 0.6 is 0 Å². The topological polar surface area (TPSA) is 108 Å². The maximum Gasteiger partial charge on any atom is 0.325 e. The van der Waals surface area contributed by atoms with E-state index in [1.165, 1.54) is 13.8 Å². The van der Waals surface area contributed by atoms with Crippen molar-refractivity contribution in [1.82, 2.24) is 16.0 Å². The van der Waals surface area contributed by atoms with E-state index >= 15 is 0 Å². The van der Waals surface area contributed by atoms with E-state index < -0.39 is 24.1 Å². The Morgan fingerprint density at radius 2 is 1.62 bits per heavy atom. The molecule has 0 saturated heterocycles. The van der Waals surface area contributed by atoms with E-state index in [-0.39, 0.29) is 5.91 Å². The molecule has 0 bridgehead atoms. The Morgan fingerprint density at radius 3 is 2.06 bits per heavy atom. The van der Waals surface area contributed by atoms with Crippen LogP contribution in [0.2, 0.25) is 0 Å². The van der Waals surface area contributed by atoms with Crippen LogP contribution in [0.3, 0.4) is 0 Å². The Labute approximate surface area is 93.6 Å².